The lowest BCUT2D eigenvalue weighted by Crippen LogP contribution is -2.49. The van der Waals surface area contributed by atoms with Crippen molar-refractivity contribution < 1.29 is 9.59 Å². The molecular formula is C20H31N3O2. The molecule has 5 nitrogen and oxygen atoms in total. The number of likely N-dealkylation sites (tertiary alicyclic amines) is 1. The number of amides is 2. The maximum atomic E-state index is 13.0. The van der Waals surface area contributed by atoms with Gasteiger partial charge < -0.3 is 10.2 Å². The van der Waals surface area contributed by atoms with Crippen LogP contribution in [0.2, 0.25) is 0 Å². The maximum Gasteiger partial charge on any atom is 0.244 e. The van der Waals surface area contributed by atoms with Crippen molar-refractivity contribution in [3.8, 4) is 0 Å². The number of rotatable bonds is 7. The second-order valence-corrected chi connectivity index (χ2v) is 7.05. The van der Waals surface area contributed by atoms with Crippen LogP contribution in [0, 0.1) is 0 Å². The Labute approximate surface area is 151 Å². The predicted molar refractivity (Wildman–Crippen MR) is 100 cm³/mol. The number of unbranched alkanes of at least 4 members (excludes halogenated alkanes) is 1. The zero-order chi connectivity index (χ0) is 18.2. The molecule has 0 spiro atoms. The Morgan fingerprint density at radius 1 is 1.20 bits per heavy atom. The van der Waals surface area contributed by atoms with Gasteiger partial charge in [-0.1, -0.05) is 43.7 Å². The van der Waals surface area contributed by atoms with E-state index in [1.54, 1.807) is 0 Å². The van der Waals surface area contributed by atoms with Crippen molar-refractivity contribution in [2.75, 3.05) is 27.2 Å². The maximum absolute atomic E-state index is 13.0. The lowest BCUT2D eigenvalue weighted by Gasteiger charge is -2.36. The molecule has 5 heteroatoms. The number of carbonyl (C=O) groups is 2. The van der Waals surface area contributed by atoms with Gasteiger partial charge in [-0.25, -0.2) is 0 Å². The van der Waals surface area contributed by atoms with Gasteiger partial charge >= 0.3 is 0 Å². The Hall–Kier alpha value is -1.88. The minimum absolute atomic E-state index is 0.141. The molecule has 1 atom stereocenters. The summed E-state index contributed by atoms with van der Waals surface area (Å²) in [6.45, 7) is 3.49. The summed E-state index contributed by atoms with van der Waals surface area (Å²) >= 11 is 0. The van der Waals surface area contributed by atoms with Crippen LogP contribution in [-0.2, 0) is 9.59 Å². The van der Waals surface area contributed by atoms with Crippen LogP contribution in [0.4, 0.5) is 0 Å². The van der Waals surface area contributed by atoms with Crippen molar-refractivity contribution in [2.45, 2.75) is 51.1 Å². The largest absolute Gasteiger partial charge is 0.353 e. The molecule has 2 amide bonds. The molecule has 2 rings (SSSR count). The summed E-state index contributed by atoms with van der Waals surface area (Å²) in [6, 6.07) is 9.86. The monoisotopic (exact) mass is 345 g/mol. The Bertz CT molecular complexity index is 551. The molecule has 25 heavy (non-hydrogen) atoms. The van der Waals surface area contributed by atoms with Gasteiger partial charge in [0.2, 0.25) is 11.8 Å². The van der Waals surface area contributed by atoms with Gasteiger partial charge in [0.1, 0.15) is 6.04 Å². The first-order chi connectivity index (χ1) is 12.0. The van der Waals surface area contributed by atoms with Crippen LogP contribution in [0.25, 0.3) is 0 Å². The normalized spacial score (nSPS) is 16.7. The summed E-state index contributed by atoms with van der Waals surface area (Å²) in [6.07, 6.45) is 4.24. The molecule has 138 valence electrons. The summed E-state index contributed by atoms with van der Waals surface area (Å²) < 4.78 is 0. The number of nitrogens with zero attached hydrogens (tertiary/aromatic N) is 2. The first kappa shape index (κ1) is 19.4. The Kier molecular flexibility index (Phi) is 7.44. The smallest absolute Gasteiger partial charge is 0.244 e. The standard InChI is InChI=1S/C20H31N3O2/c1-4-5-11-18(24)21-17-12-14-23(15-13-17)20(25)19(22(2)3)16-9-7-6-8-10-16/h6-10,17,19H,4-5,11-15H2,1-3H3,(H,21,24)/t19-/m1/s1. The third-order valence-corrected chi connectivity index (χ3v) is 4.79. The van der Waals surface area contributed by atoms with Crippen molar-refractivity contribution in [1.82, 2.24) is 15.1 Å². The molecule has 0 radical (unpaired) electrons. The van der Waals surface area contributed by atoms with Crippen LogP contribution in [0.15, 0.2) is 30.3 Å². The van der Waals surface area contributed by atoms with E-state index in [1.807, 2.05) is 54.2 Å². The number of carbonyl (C=O) groups excluding carboxylic acids is 2. The number of likely N-dealkylation sites (N-methyl/N-ethyl adjacent to an activating group) is 1. The highest BCUT2D eigenvalue weighted by Gasteiger charge is 2.30. The molecule has 1 aromatic rings. The molecule has 0 unspecified atom stereocenters. The fourth-order valence-electron chi connectivity index (χ4n) is 3.35. The minimum Gasteiger partial charge on any atom is -0.353 e. The Morgan fingerprint density at radius 2 is 1.84 bits per heavy atom. The molecule has 1 heterocycles. The van der Waals surface area contributed by atoms with Crippen LogP contribution in [0.3, 0.4) is 0 Å². The fraction of sp³-hybridized carbons (Fsp3) is 0.600. The van der Waals surface area contributed by atoms with E-state index in [0.29, 0.717) is 19.5 Å². The fourth-order valence-corrected chi connectivity index (χ4v) is 3.35. The summed E-state index contributed by atoms with van der Waals surface area (Å²) in [7, 11) is 3.88. The van der Waals surface area contributed by atoms with Gasteiger partial charge in [-0.3, -0.25) is 14.5 Å². The van der Waals surface area contributed by atoms with Gasteiger partial charge in [-0.15, -0.1) is 0 Å². The third-order valence-electron chi connectivity index (χ3n) is 4.79. The van der Waals surface area contributed by atoms with Crippen LogP contribution in [0.5, 0.6) is 0 Å². The van der Waals surface area contributed by atoms with Gasteiger partial charge in [0.15, 0.2) is 0 Å². The van der Waals surface area contributed by atoms with Crippen LogP contribution >= 0.6 is 0 Å². The summed E-state index contributed by atoms with van der Waals surface area (Å²) in [5.74, 6) is 0.286. The van der Waals surface area contributed by atoms with E-state index < -0.39 is 0 Å². The molecule has 1 aliphatic heterocycles. The van der Waals surface area contributed by atoms with Crippen molar-refractivity contribution in [2.24, 2.45) is 0 Å². The van der Waals surface area contributed by atoms with Gasteiger partial charge in [0.25, 0.3) is 0 Å². The molecular weight excluding hydrogens is 314 g/mol. The van der Waals surface area contributed by atoms with E-state index in [1.165, 1.54) is 0 Å². The lowest BCUT2D eigenvalue weighted by atomic mass is 10.0. The average Bonchev–Trinajstić information content (AvgIpc) is 2.61. The van der Waals surface area contributed by atoms with E-state index in [9.17, 15) is 9.59 Å². The first-order valence-corrected chi connectivity index (χ1v) is 9.32. The van der Waals surface area contributed by atoms with Crippen LogP contribution in [0.1, 0.15) is 50.6 Å². The highest BCUT2D eigenvalue weighted by atomic mass is 16.2. The molecule has 1 saturated heterocycles. The molecule has 0 aromatic heterocycles. The average molecular weight is 345 g/mol. The summed E-state index contributed by atoms with van der Waals surface area (Å²) in [5.41, 5.74) is 1.02. The van der Waals surface area contributed by atoms with Crippen molar-refractivity contribution in [1.29, 1.82) is 0 Å². The van der Waals surface area contributed by atoms with E-state index in [0.717, 1.165) is 31.2 Å². The summed E-state index contributed by atoms with van der Waals surface area (Å²) in [4.78, 5) is 28.8. The zero-order valence-electron chi connectivity index (χ0n) is 15.7. The van der Waals surface area contributed by atoms with Gasteiger partial charge in [-0.2, -0.15) is 0 Å². The van der Waals surface area contributed by atoms with Gasteiger partial charge in [-0.05, 0) is 38.9 Å². The SMILES string of the molecule is CCCCC(=O)NC1CCN(C(=O)[C@@H](c2ccccc2)N(C)C)CC1. The van der Waals surface area contributed by atoms with Crippen LogP contribution in [-0.4, -0.2) is 54.8 Å². The van der Waals surface area contributed by atoms with Crippen LogP contribution < -0.4 is 5.32 Å². The second kappa shape index (κ2) is 9.56. The molecule has 0 aliphatic carbocycles. The highest BCUT2D eigenvalue weighted by molar-refractivity contribution is 5.83. The molecule has 0 saturated carbocycles. The Balaban J connectivity index is 1.90. The quantitative estimate of drug-likeness (QED) is 0.826. The topological polar surface area (TPSA) is 52.7 Å². The number of hydrogen-bond acceptors (Lipinski definition) is 3. The highest BCUT2D eigenvalue weighted by Crippen LogP contribution is 2.23. The number of benzene rings is 1. The van der Waals surface area contributed by atoms with E-state index >= 15 is 0 Å². The predicted octanol–water partition coefficient (Wildman–Crippen LogP) is 2.59. The van der Waals surface area contributed by atoms with E-state index in [2.05, 4.69) is 12.2 Å². The number of piperidine rings is 1. The lowest BCUT2D eigenvalue weighted by molar-refractivity contribution is -0.137. The van der Waals surface area contributed by atoms with Gasteiger partial charge in [0.05, 0.1) is 0 Å². The Morgan fingerprint density at radius 3 is 2.40 bits per heavy atom. The van der Waals surface area contributed by atoms with Crippen molar-refractivity contribution in [3.05, 3.63) is 35.9 Å². The third kappa shape index (κ3) is 5.56. The molecule has 1 aliphatic rings. The van der Waals surface area contributed by atoms with E-state index in [4.69, 9.17) is 0 Å². The number of hydrogen-bond donors (Lipinski definition) is 1. The summed E-state index contributed by atoms with van der Waals surface area (Å²) in [5, 5.41) is 3.11. The molecule has 1 fully saturated rings. The molecule has 1 N–H and O–H groups in total. The minimum atomic E-state index is -0.253. The first-order valence-electron chi connectivity index (χ1n) is 9.32. The van der Waals surface area contributed by atoms with Crippen molar-refractivity contribution in [3.63, 3.8) is 0 Å². The molecule has 0 bridgehead atoms. The second-order valence-electron chi connectivity index (χ2n) is 7.05. The van der Waals surface area contributed by atoms with E-state index in [-0.39, 0.29) is 23.9 Å². The zero-order valence-corrected chi connectivity index (χ0v) is 15.7. The number of nitrogens with one attached hydrogen (secondary N) is 1. The molecule has 1 aromatic carbocycles. The van der Waals surface area contributed by atoms with Gasteiger partial charge in [0, 0.05) is 25.6 Å². The van der Waals surface area contributed by atoms with Crippen molar-refractivity contribution >= 4 is 11.8 Å².